The minimum absolute atomic E-state index is 0.00572. The Kier molecular flexibility index (Phi) is 5.62. The van der Waals surface area contributed by atoms with E-state index in [0.717, 1.165) is 23.7 Å². The Morgan fingerprint density at radius 2 is 2.18 bits per heavy atom. The highest BCUT2D eigenvalue weighted by molar-refractivity contribution is 9.10. The lowest BCUT2D eigenvalue weighted by Gasteiger charge is -2.29. The molecule has 1 aromatic carbocycles. The molecule has 2 atom stereocenters. The molecule has 0 aliphatic heterocycles. The smallest absolute Gasteiger partial charge is 0.262 e. The summed E-state index contributed by atoms with van der Waals surface area (Å²) in [5.74, 6) is 0.0901. The van der Waals surface area contributed by atoms with Crippen LogP contribution in [0.5, 0.6) is 5.75 Å². The SMILES string of the molecule is C[C@@H]1CCCC[C@H]1NC(=O)/C(C#N)=C/c1cc(Br)ccc1O. The van der Waals surface area contributed by atoms with Crippen molar-refractivity contribution in [2.45, 2.75) is 38.6 Å². The van der Waals surface area contributed by atoms with Gasteiger partial charge in [0.05, 0.1) is 0 Å². The fraction of sp³-hybridized carbons (Fsp3) is 0.412. The van der Waals surface area contributed by atoms with Crippen molar-refractivity contribution in [1.29, 1.82) is 5.26 Å². The molecular formula is C17H19BrN2O2. The Balaban J connectivity index is 2.16. The third kappa shape index (κ3) is 4.11. The molecule has 0 bridgehead atoms. The fourth-order valence-electron chi connectivity index (χ4n) is 2.72. The van der Waals surface area contributed by atoms with Crippen LogP contribution in [0.1, 0.15) is 38.2 Å². The van der Waals surface area contributed by atoms with Gasteiger partial charge in [-0.15, -0.1) is 0 Å². The molecule has 4 nitrogen and oxygen atoms in total. The van der Waals surface area contributed by atoms with E-state index in [1.807, 2.05) is 6.07 Å². The first-order chi connectivity index (χ1) is 10.5. The maximum absolute atomic E-state index is 12.3. The zero-order valence-electron chi connectivity index (χ0n) is 12.5. The summed E-state index contributed by atoms with van der Waals surface area (Å²) in [7, 11) is 0. The van der Waals surface area contributed by atoms with Crippen molar-refractivity contribution in [2.24, 2.45) is 5.92 Å². The Labute approximate surface area is 139 Å². The second-order valence-corrected chi connectivity index (χ2v) is 6.63. The van der Waals surface area contributed by atoms with Gasteiger partial charge in [-0.2, -0.15) is 5.26 Å². The van der Waals surface area contributed by atoms with Crippen LogP contribution in [0.4, 0.5) is 0 Å². The van der Waals surface area contributed by atoms with Gasteiger partial charge in [0.2, 0.25) is 0 Å². The predicted octanol–water partition coefficient (Wildman–Crippen LogP) is 3.76. The van der Waals surface area contributed by atoms with Gasteiger partial charge in [-0.25, -0.2) is 0 Å². The minimum Gasteiger partial charge on any atom is -0.507 e. The monoisotopic (exact) mass is 362 g/mol. The molecule has 1 aliphatic carbocycles. The van der Waals surface area contributed by atoms with E-state index in [1.54, 1.807) is 12.1 Å². The second kappa shape index (κ2) is 7.46. The summed E-state index contributed by atoms with van der Waals surface area (Å²) < 4.78 is 0.773. The number of carbonyl (C=O) groups excluding carboxylic acids is 1. The van der Waals surface area contributed by atoms with Crippen molar-refractivity contribution in [2.75, 3.05) is 0 Å². The van der Waals surface area contributed by atoms with E-state index in [-0.39, 0.29) is 23.3 Å². The number of nitrogens with zero attached hydrogens (tertiary/aromatic N) is 1. The van der Waals surface area contributed by atoms with Crippen molar-refractivity contribution in [3.8, 4) is 11.8 Å². The molecule has 2 rings (SSSR count). The third-order valence-electron chi connectivity index (χ3n) is 4.08. The van der Waals surface area contributed by atoms with Crippen LogP contribution < -0.4 is 5.32 Å². The van der Waals surface area contributed by atoms with Gasteiger partial charge in [0, 0.05) is 16.1 Å². The number of hydrogen-bond donors (Lipinski definition) is 2. The number of aromatic hydroxyl groups is 1. The summed E-state index contributed by atoms with van der Waals surface area (Å²) in [6, 6.07) is 6.93. The first kappa shape index (κ1) is 16.6. The van der Waals surface area contributed by atoms with E-state index >= 15 is 0 Å². The quantitative estimate of drug-likeness (QED) is 0.635. The van der Waals surface area contributed by atoms with Crippen LogP contribution in [0.3, 0.4) is 0 Å². The normalized spacial score (nSPS) is 22.0. The molecule has 0 radical (unpaired) electrons. The molecule has 1 saturated carbocycles. The van der Waals surface area contributed by atoms with Gasteiger partial charge < -0.3 is 10.4 Å². The molecular weight excluding hydrogens is 344 g/mol. The van der Waals surface area contributed by atoms with Crippen molar-refractivity contribution < 1.29 is 9.90 Å². The van der Waals surface area contributed by atoms with Crippen LogP contribution in [0.25, 0.3) is 6.08 Å². The number of phenols is 1. The Morgan fingerprint density at radius 1 is 1.45 bits per heavy atom. The lowest BCUT2D eigenvalue weighted by molar-refractivity contribution is -0.118. The molecule has 1 fully saturated rings. The highest BCUT2D eigenvalue weighted by Gasteiger charge is 2.24. The van der Waals surface area contributed by atoms with Gasteiger partial charge in [0.1, 0.15) is 17.4 Å². The van der Waals surface area contributed by atoms with E-state index in [0.29, 0.717) is 11.5 Å². The largest absolute Gasteiger partial charge is 0.507 e. The van der Waals surface area contributed by atoms with Gasteiger partial charge in [0.25, 0.3) is 5.91 Å². The maximum atomic E-state index is 12.3. The number of carbonyl (C=O) groups is 1. The van der Waals surface area contributed by atoms with Crippen molar-refractivity contribution in [1.82, 2.24) is 5.32 Å². The molecule has 1 aromatic rings. The molecule has 0 saturated heterocycles. The molecule has 1 amide bonds. The van der Waals surface area contributed by atoms with Crippen LogP contribution in [0, 0.1) is 17.2 Å². The number of rotatable bonds is 3. The number of hydrogen-bond acceptors (Lipinski definition) is 3. The Morgan fingerprint density at radius 3 is 2.86 bits per heavy atom. The van der Waals surface area contributed by atoms with Crippen molar-refractivity contribution in [3.63, 3.8) is 0 Å². The number of halogens is 1. The summed E-state index contributed by atoms with van der Waals surface area (Å²) in [5, 5.41) is 22.0. The fourth-order valence-corrected chi connectivity index (χ4v) is 3.10. The number of nitriles is 1. The lowest BCUT2D eigenvalue weighted by atomic mass is 9.86. The summed E-state index contributed by atoms with van der Waals surface area (Å²) in [6.07, 6.45) is 5.77. The maximum Gasteiger partial charge on any atom is 0.262 e. The van der Waals surface area contributed by atoms with E-state index in [9.17, 15) is 15.2 Å². The van der Waals surface area contributed by atoms with E-state index in [4.69, 9.17) is 0 Å². The number of nitrogens with one attached hydrogen (secondary N) is 1. The van der Waals surface area contributed by atoms with Gasteiger partial charge in [-0.05, 0) is 43.0 Å². The van der Waals surface area contributed by atoms with Gasteiger partial charge in [0.15, 0.2) is 0 Å². The molecule has 22 heavy (non-hydrogen) atoms. The molecule has 0 unspecified atom stereocenters. The summed E-state index contributed by atoms with van der Waals surface area (Å²) >= 11 is 3.31. The lowest BCUT2D eigenvalue weighted by Crippen LogP contribution is -2.41. The number of benzene rings is 1. The zero-order valence-corrected chi connectivity index (χ0v) is 14.1. The topological polar surface area (TPSA) is 73.1 Å². The highest BCUT2D eigenvalue weighted by Crippen LogP contribution is 2.26. The first-order valence-electron chi connectivity index (χ1n) is 7.42. The standard InChI is InChI=1S/C17H19BrN2O2/c1-11-4-2-3-5-15(11)20-17(22)13(10-19)8-12-9-14(18)6-7-16(12)21/h6-9,11,15,21H,2-5H2,1H3,(H,20,22)/b13-8+/t11-,15-/m1/s1. The van der Waals surface area contributed by atoms with Gasteiger partial charge >= 0.3 is 0 Å². The molecule has 5 heteroatoms. The summed E-state index contributed by atoms with van der Waals surface area (Å²) in [6.45, 7) is 2.13. The second-order valence-electron chi connectivity index (χ2n) is 5.71. The molecule has 116 valence electrons. The number of amides is 1. The minimum atomic E-state index is -0.374. The summed E-state index contributed by atoms with van der Waals surface area (Å²) in [5.41, 5.74) is 0.448. The Bertz CT molecular complexity index is 634. The molecule has 0 aromatic heterocycles. The van der Waals surface area contributed by atoms with Crippen LogP contribution in [0.2, 0.25) is 0 Å². The predicted molar refractivity (Wildman–Crippen MR) is 89.0 cm³/mol. The van der Waals surface area contributed by atoms with Crippen LogP contribution in [-0.2, 0) is 4.79 Å². The van der Waals surface area contributed by atoms with Crippen molar-refractivity contribution >= 4 is 27.9 Å². The van der Waals surface area contributed by atoms with Gasteiger partial charge in [-0.1, -0.05) is 35.7 Å². The summed E-state index contributed by atoms with van der Waals surface area (Å²) in [4.78, 5) is 12.3. The van der Waals surface area contributed by atoms with Crippen LogP contribution in [0.15, 0.2) is 28.2 Å². The average molecular weight is 363 g/mol. The first-order valence-corrected chi connectivity index (χ1v) is 8.21. The van der Waals surface area contributed by atoms with Crippen LogP contribution in [-0.4, -0.2) is 17.1 Å². The highest BCUT2D eigenvalue weighted by atomic mass is 79.9. The zero-order chi connectivity index (χ0) is 16.1. The molecule has 0 spiro atoms. The molecule has 2 N–H and O–H groups in total. The van der Waals surface area contributed by atoms with E-state index in [1.165, 1.54) is 18.6 Å². The average Bonchev–Trinajstić information content (AvgIpc) is 2.50. The Hall–Kier alpha value is -1.80. The molecule has 1 aliphatic rings. The van der Waals surface area contributed by atoms with Crippen molar-refractivity contribution in [3.05, 3.63) is 33.8 Å². The number of phenolic OH excluding ortho intramolecular Hbond substituents is 1. The molecule has 0 heterocycles. The van der Waals surface area contributed by atoms with E-state index < -0.39 is 0 Å². The third-order valence-corrected chi connectivity index (χ3v) is 4.58. The van der Waals surface area contributed by atoms with Gasteiger partial charge in [-0.3, -0.25) is 4.79 Å². The van der Waals surface area contributed by atoms with E-state index in [2.05, 4.69) is 28.2 Å². The van der Waals surface area contributed by atoms with Crippen LogP contribution >= 0.6 is 15.9 Å².